The van der Waals surface area contributed by atoms with E-state index in [1.54, 1.807) is 0 Å². The number of alkyl carbamates (subject to hydrolysis) is 1. The van der Waals surface area contributed by atoms with Crippen LogP contribution >= 0.6 is 0 Å². The summed E-state index contributed by atoms with van der Waals surface area (Å²) < 4.78 is 5.34. The molecule has 0 bridgehead atoms. The maximum absolute atomic E-state index is 11.8. The van der Waals surface area contributed by atoms with Gasteiger partial charge < -0.3 is 15.4 Å². The van der Waals surface area contributed by atoms with Gasteiger partial charge in [0.15, 0.2) is 0 Å². The second kappa shape index (κ2) is 8.62. The molecule has 0 radical (unpaired) electrons. The fourth-order valence-electron chi connectivity index (χ4n) is 2.88. The van der Waals surface area contributed by atoms with Crippen molar-refractivity contribution in [1.82, 2.24) is 10.6 Å². The van der Waals surface area contributed by atoms with Crippen LogP contribution in [0.15, 0.2) is 0 Å². The van der Waals surface area contributed by atoms with Gasteiger partial charge in [-0.25, -0.2) is 4.79 Å². The van der Waals surface area contributed by atoms with E-state index in [9.17, 15) is 4.79 Å². The maximum Gasteiger partial charge on any atom is 0.407 e. The predicted octanol–water partition coefficient (Wildman–Crippen LogP) is 3.71. The summed E-state index contributed by atoms with van der Waals surface area (Å²) in [5.74, 6) is 1.19. The molecule has 1 saturated heterocycles. The first-order chi connectivity index (χ1) is 9.81. The highest BCUT2D eigenvalue weighted by Crippen LogP contribution is 2.23. The molecule has 1 fully saturated rings. The lowest BCUT2D eigenvalue weighted by Crippen LogP contribution is -2.46. The van der Waals surface area contributed by atoms with E-state index in [1.165, 1.54) is 25.7 Å². The molecule has 1 aliphatic rings. The number of rotatable bonds is 6. The number of amides is 1. The van der Waals surface area contributed by atoms with Crippen molar-refractivity contribution in [3.63, 3.8) is 0 Å². The standard InChI is InChI=1S/C17H34N2O2/c1-6-13(2)11-14(15-9-7-8-10-18-15)12-19-16(20)21-17(3,4)5/h13-15,18H,6-12H2,1-5H3,(H,19,20). The Bertz CT molecular complexity index is 306. The van der Waals surface area contributed by atoms with Crippen LogP contribution in [0.2, 0.25) is 0 Å². The highest BCUT2D eigenvalue weighted by atomic mass is 16.6. The molecule has 0 saturated carbocycles. The van der Waals surface area contributed by atoms with Crippen molar-refractivity contribution in [3.8, 4) is 0 Å². The van der Waals surface area contributed by atoms with Crippen LogP contribution in [0.1, 0.15) is 66.7 Å². The Labute approximate surface area is 130 Å². The predicted molar refractivity (Wildman–Crippen MR) is 87.4 cm³/mol. The Balaban J connectivity index is 2.49. The molecule has 1 rings (SSSR count). The molecule has 3 atom stereocenters. The number of hydrogen-bond acceptors (Lipinski definition) is 3. The monoisotopic (exact) mass is 298 g/mol. The van der Waals surface area contributed by atoms with Crippen LogP contribution in [0, 0.1) is 11.8 Å². The summed E-state index contributed by atoms with van der Waals surface area (Å²) in [6, 6.07) is 0.530. The second-order valence-corrected chi connectivity index (χ2v) is 7.45. The summed E-state index contributed by atoms with van der Waals surface area (Å²) in [7, 11) is 0. The SMILES string of the molecule is CCC(C)CC(CNC(=O)OC(C)(C)C)C1CCCCN1. The van der Waals surface area contributed by atoms with E-state index in [0.29, 0.717) is 24.4 Å². The number of hydrogen-bond donors (Lipinski definition) is 2. The molecule has 2 N–H and O–H groups in total. The molecule has 0 aromatic heterocycles. The molecule has 124 valence electrons. The Hall–Kier alpha value is -0.770. The van der Waals surface area contributed by atoms with E-state index >= 15 is 0 Å². The van der Waals surface area contributed by atoms with Crippen LogP contribution in [0.5, 0.6) is 0 Å². The lowest BCUT2D eigenvalue weighted by atomic mass is 9.84. The van der Waals surface area contributed by atoms with Gasteiger partial charge in [-0.15, -0.1) is 0 Å². The van der Waals surface area contributed by atoms with Crippen LogP contribution in [-0.2, 0) is 4.74 Å². The van der Waals surface area contributed by atoms with Crippen molar-refractivity contribution in [2.75, 3.05) is 13.1 Å². The minimum absolute atomic E-state index is 0.299. The lowest BCUT2D eigenvalue weighted by molar-refractivity contribution is 0.0510. The van der Waals surface area contributed by atoms with Crippen molar-refractivity contribution in [2.24, 2.45) is 11.8 Å². The molecule has 0 aromatic carbocycles. The van der Waals surface area contributed by atoms with Crippen molar-refractivity contribution in [1.29, 1.82) is 0 Å². The van der Waals surface area contributed by atoms with Crippen molar-refractivity contribution in [2.45, 2.75) is 78.4 Å². The molecular weight excluding hydrogens is 264 g/mol. The molecule has 1 heterocycles. The maximum atomic E-state index is 11.8. The fraction of sp³-hybridized carbons (Fsp3) is 0.941. The Morgan fingerprint density at radius 1 is 1.38 bits per heavy atom. The zero-order chi connectivity index (χ0) is 15.9. The van der Waals surface area contributed by atoms with Crippen LogP contribution < -0.4 is 10.6 Å². The van der Waals surface area contributed by atoms with Crippen LogP contribution in [0.25, 0.3) is 0 Å². The molecule has 0 spiro atoms. The van der Waals surface area contributed by atoms with E-state index in [1.807, 2.05) is 20.8 Å². The van der Waals surface area contributed by atoms with E-state index in [-0.39, 0.29) is 6.09 Å². The summed E-state index contributed by atoms with van der Waals surface area (Å²) in [5.41, 5.74) is -0.431. The van der Waals surface area contributed by atoms with Gasteiger partial charge in [0.25, 0.3) is 0 Å². The number of piperidine rings is 1. The molecule has 3 unspecified atom stereocenters. The van der Waals surface area contributed by atoms with Gasteiger partial charge in [-0.2, -0.15) is 0 Å². The molecule has 0 aromatic rings. The van der Waals surface area contributed by atoms with Gasteiger partial charge in [-0.05, 0) is 58.4 Å². The van der Waals surface area contributed by atoms with Gasteiger partial charge in [0, 0.05) is 12.6 Å². The first-order valence-electron chi connectivity index (χ1n) is 8.52. The van der Waals surface area contributed by atoms with Gasteiger partial charge in [0.05, 0.1) is 0 Å². The van der Waals surface area contributed by atoms with Crippen LogP contribution in [0.3, 0.4) is 0 Å². The minimum Gasteiger partial charge on any atom is -0.444 e. The zero-order valence-electron chi connectivity index (χ0n) is 14.5. The Morgan fingerprint density at radius 3 is 2.62 bits per heavy atom. The van der Waals surface area contributed by atoms with Gasteiger partial charge in [0.2, 0.25) is 0 Å². The average molecular weight is 298 g/mol. The van der Waals surface area contributed by atoms with Crippen molar-refractivity contribution >= 4 is 6.09 Å². The average Bonchev–Trinajstić information content (AvgIpc) is 2.42. The number of nitrogens with one attached hydrogen (secondary N) is 2. The lowest BCUT2D eigenvalue weighted by Gasteiger charge is -2.33. The zero-order valence-corrected chi connectivity index (χ0v) is 14.5. The molecule has 4 nitrogen and oxygen atoms in total. The number of carbonyl (C=O) groups is 1. The quantitative estimate of drug-likeness (QED) is 0.786. The molecule has 1 aliphatic heterocycles. The molecule has 21 heavy (non-hydrogen) atoms. The number of ether oxygens (including phenoxy) is 1. The van der Waals surface area contributed by atoms with Crippen molar-refractivity contribution in [3.05, 3.63) is 0 Å². The third kappa shape index (κ3) is 7.70. The summed E-state index contributed by atoms with van der Waals surface area (Å²) in [5, 5.41) is 6.59. The molecule has 1 amide bonds. The van der Waals surface area contributed by atoms with E-state index < -0.39 is 5.60 Å². The van der Waals surface area contributed by atoms with Gasteiger partial charge in [-0.3, -0.25) is 0 Å². The molecular formula is C17H34N2O2. The topological polar surface area (TPSA) is 50.4 Å². The van der Waals surface area contributed by atoms with Gasteiger partial charge >= 0.3 is 6.09 Å². The van der Waals surface area contributed by atoms with Crippen LogP contribution in [-0.4, -0.2) is 30.8 Å². The molecule has 4 heteroatoms. The fourth-order valence-corrected chi connectivity index (χ4v) is 2.88. The first kappa shape index (κ1) is 18.3. The largest absolute Gasteiger partial charge is 0.444 e. The summed E-state index contributed by atoms with van der Waals surface area (Å²) in [4.78, 5) is 11.8. The third-order valence-corrected chi connectivity index (χ3v) is 4.23. The van der Waals surface area contributed by atoms with E-state index in [0.717, 1.165) is 13.0 Å². The molecule has 0 aliphatic carbocycles. The van der Waals surface area contributed by atoms with E-state index in [4.69, 9.17) is 4.74 Å². The minimum atomic E-state index is -0.431. The normalized spacial score (nSPS) is 22.4. The first-order valence-corrected chi connectivity index (χ1v) is 8.52. The Morgan fingerprint density at radius 2 is 2.10 bits per heavy atom. The smallest absolute Gasteiger partial charge is 0.407 e. The summed E-state index contributed by atoms with van der Waals surface area (Å²) in [6.45, 7) is 12.0. The Kier molecular flexibility index (Phi) is 7.50. The summed E-state index contributed by atoms with van der Waals surface area (Å²) in [6.07, 6.45) is 5.83. The number of carbonyl (C=O) groups excluding carboxylic acids is 1. The van der Waals surface area contributed by atoms with Gasteiger partial charge in [-0.1, -0.05) is 26.7 Å². The highest BCUT2D eigenvalue weighted by molar-refractivity contribution is 5.67. The second-order valence-electron chi connectivity index (χ2n) is 7.45. The van der Waals surface area contributed by atoms with Crippen LogP contribution in [0.4, 0.5) is 4.79 Å². The highest BCUT2D eigenvalue weighted by Gasteiger charge is 2.26. The summed E-state index contributed by atoms with van der Waals surface area (Å²) >= 11 is 0. The van der Waals surface area contributed by atoms with Gasteiger partial charge in [0.1, 0.15) is 5.60 Å². The van der Waals surface area contributed by atoms with Crippen molar-refractivity contribution < 1.29 is 9.53 Å². The van der Waals surface area contributed by atoms with E-state index in [2.05, 4.69) is 24.5 Å². The third-order valence-electron chi connectivity index (χ3n) is 4.23.